The topological polar surface area (TPSA) is 52.1 Å². The van der Waals surface area contributed by atoms with Crippen LogP contribution in [0.5, 0.6) is 17.2 Å². The van der Waals surface area contributed by atoms with Crippen molar-refractivity contribution >= 4 is 5.84 Å². The van der Waals surface area contributed by atoms with Gasteiger partial charge in [-0.3, -0.25) is 4.99 Å². The minimum atomic E-state index is -0.0447. The largest absolute Gasteiger partial charge is 0.493 e. The Bertz CT molecular complexity index is 749. The molecule has 144 valence electrons. The molecule has 0 aromatic heterocycles. The summed E-state index contributed by atoms with van der Waals surface area (Å²) < 4.78 is 16.6. The van der Waals surface area contributed by atoms with Crippen molar-refractivity contribution in [1.29, 1.82) is 0 Å². The molecule has 1 unspecified atom stereocenters. The maximum Gasteiger partial charge on any atom is 0.203 e. The van der Waals surface area contributed by atoms with Crippen LogP contribution in [0.3, 0.4) is 0 Å². The van der Waals surface area contributed by atoms with Gasteiger partial charge >= 0.3 is 0 Å². The number of rotatable bonds is 6. The van der Waals surface area contributed by atoms with E-state index in [-0.39, 0.29) is 6.04 Å². The van der Waals surface area contributed by atoms with Crippen molar-refractivity contribution < 1.29 is 14.2 Å². The number of hydrogen-bond donors (Lipinski definition) is 1. The summed E-state index contributed by atoms with van der Waals surface area (Å²) in [6.07, 6.45) is 4.54. The highest BCUT2D eigenvalue weighted by Crippen LogP contribution is 2.40. The zero-order valence-electron chi connectivity index (χ0n) is 16.3. The molecule has 0 aliphatic carbocycles. The lowest BCUT2D eigenvalue weighted by Crippen LogP contribution is -2.29. The SMILES string of the molecule is COc1cc(C(NC2=NCCCCC2)c2ccccc2)cc(OC)c1OC. The minimum absolute atomic E-state index is 0.0447. The van der Waals surface area contributed by atoms with Gasteiger partial charge in [0, 0.05) is 13.0 Å². The van der Waals surface area contributed by atoms with Crippen LogP contribution >= 0.6 is 0 Å². The predicted octanol–water partition coefficient (Wildman–Crippen LogP) is 4.36. The first-order chi connectivity index (χ1) is 13.3. The second-order valence-electron chi connectivity index (χ2n) is 6.59. The average Bonchev–Trinajstić information content (AvgIpc) is 3.00. The maximum absolute atomic E-state index is 5.55. The molecule has 27 heavy (non-hydrogen) atoms. The average molecular weight is 368 g/mol. The molecule has 0 saturated heterocycles. The van der Waals surface area contributed by atoms with Crippen molar-refractivity contribution in [3.63, 3.8) is 0 Å². The highest BCUT2D eigenvalue weighted by Gasteiger charge is 2.21. The van der Waals surface area contributed by atoms with Gasteiger partial charge in [-0.25, -0.2) is 0 Å². The smallest absolute Gasteiger partial charge is 0.203 e. The van der Waals surface area contributed by atoms with Crippen molar-refractivity contribution in [3.05, 3.63) is 53.6 Å². The van der Waals surface area contributed by atoms with E-state index in [2.05, 4.69) is 29.6 Å². The summed E-state index contributed by atoms with van der Waals surface area (Å²) in [5, 5.41) is 3.67. The Kier molecular flexibility index (Phi) is 6.58. The van der Waals surface area contributed by atoms with Crippen molar-refractivity contribution in [3.8, 4) is 17.2 Å². The molecule has 3 rings (SSSR count). The number of amidine groups is 1. The molecule has 0 bridgehead atoms. The summed E-state index contributed by atoms with van der Waals surface area (Å²) >= 11 is 0. The number of aliphatic imine (C=N–C) groups is 1. The lowest BCUT2D eigenvalue weighted by molar-refractivity contribution is 0.323. The summed E-state index contributed by atoms with van der Waals surface area (Å²) in [4.78, 5) is 4.75. The van der Waals surface area contributed by atoms with Gasteiger partial charge in [-0.1, -0.05) is 36.8 Å². The van der Waals surface area contributed by atoms with Gasteiger partial charge in [0.1, 0.15) is 0 Å². The zero-order chi connectivity index (χ0) is 19.1. The predicted molar refractivity (Wildman–Crippen MR) is 108 cm³/mol. The molecule has 0 saturated carbocycles. The zero-order valence-corrected chi connectivity index (χ0v) is 16.3. The summed E-state index contributed by atoms with van der Waals surface area (Å²) in [6.45, 7) is 0.888. The van der Waals surface area contributed by atoms with Crippen LogP contribution in [-0.2, 0) is 0 Å². The molecule has 5 heteroatoms. The molecule has 0 fully saturated rings. The van der Waals surface area contributed by atoms with Gasteiger partial charge in [0.25, 0.3) is 0 Å². The Hall–Kier alpha value is -2.69. The van der Waals surface area contributed by atoms with Gasteiger partial charge in [-0.15, -0.1) is 0 Å². The summed E-state index contributed by atoms with van der Waals surface area (Å²) in [5.41, 5.74) is 2.21. The van der Waals surface area contributed by atoms with Gasteiger partial charge < -0.3 is 19.5 Å². The molecular weight excluding hydrogens is 340 g/mol. The molecule has 1 aliphatic rings. The standard InChI is InChI=1S/C22H28N2O3/c1-25-18-14-17(15-19(26-2)22(18)27-3)21(16-10-6-4-7-11-16)24-20-12-8-5-9-13-23-20/h4,6-7,10-11,14-15,21H,5,8-9,12-13H2,1-3H3,(H,23,24). The molecule has 1 N–H and O–H groups in total. The normalized spacial score (nSPS) is 15.3. The Morgan fingerprint density at radius 2 is 1.56 bits per heavy atom. The fraction of sp³-hybridized carbons (Fsp3) is 0.409. The van der Waals surface area contributed by atoms with Crippen LogP contribution in [0.25, 0.3) is 0 Å². The second kappa shape index (κ2) is 9.31. The van der Waals surface area contributed by atoms with E-state index in [9.17, 15) is 0 Å². The van der Waals surface area contributed by atoms with E-state index in [4.69, 9.17) is 19.2 Å². The molecule has 1 heterocycles. The lowest BCUT2D eigenvalue weighted by atomic mass is 9.97. The van der Waals surface area contributed by atoms with Crippen molar-refractivity contribution in [2.24, 2.45) is 4.99 Å². The highest BCUT2D eigenvalue weighted by atomic mass is 16.5. The van der Waals surface area contributed by atoms with Gasteiger partial charge in [-0.05, 0) is 36.1 Å². The molecule has 0 spiro atoms. The van der Waals surface area contributed by atoms with Crippen LogP contribution < -0.4 is 19.5 Å². The van der Waals surface area contributed by atoms with Gasteiger partial charge in [0.2, 0.25) is 5.75 Å². The monoisotopic (exact) mass is 368 g/mol. The Morgan fingerprint density at radius 1 is 0.852 bits per heavy atom. The molecule has 0 radical (unpaired) electrons. The summed E-state index contributed by atoms with van der Waals surface area (Å²) in [7, 11) is 4.90. The molecule has 1 aliphatic heterocycles. The fourth-order valence-electron chi connectivity index (χ4n) is 3.43. The molecule has 2 aromatic rings. The van der Waals surface area contributed by atoms with Crippen LogP contribution in [0.1, 0.15) is 42.9 Å². The van der Waals surface area contributed by atoms with Crippen LogP contribution in [0.2, 0.25) is 0 Å². The van der Waals surface area contributed by atoms with Crippen LogP contribution in [-0.4, -0.2) is 33.7 Å². The van der Waals surface area contributed by atoms with E-state index >= 15 is 0 Å². The third kappa shape index (κ3) is 4.54. The third-order valence-corrected chi connectivity index (χ3v) is 4.84. The molecule has 2 aromatic carbocycles. The van der Waals surface area contributed by atoms with Gasteiger partial charge in [-0.2, -0.15) is 0 Å². The van der Waals surface area contributed by atoms with E-state index < -0.39 is 0 Å². The fourth-order valence-corrected chi connectivity index (χ4v) is 3.43. The number of methoxy groups -OCH3 is 3. The first-order valence-corrected chi connectivity index (χ1v) is 9.41. The summed E-state index contributed by atoms with van der Waals surface area (Å²) in [5.74, 6) is 2.97. The Labute approximate surface area is 161 Å². The molecule has 0 amide bonds. The molecule has 1 atom stereocenters. The van der Waals surface area contributed by atoms with E-state index in [0.717, 1.165) is 30.8 Å². The lowest BCUT2D eigenvalue weighted by Gasteiger charge is -2.24. The first kappa shape index (κ1) is 19.1. The highest BCUT2D eigenvalue weighted by molar-refractivity contribution is 5.83. The third-order valence-electron chi connectivity index (χ3n) is 4.84. The number of nitrogens with zero attached hydrogens (tertiary/aromatic N) is 1. The van der Waals surface area contributed by atoms with Gasteiger partial charge in [0.05, 0.1) is 33.2 Å². The number of benzene rings is 2. The summed E-state index contributed by atoms with van der Waals surface area (Å²) in [6, 6.07) is 14.3. The second-order valence-corrected chi connectivity index (χ2v) is 6.59. The number of ether oxygens (including phenoxy) is 3. The van der Waals surface area contributed by atoms with E-state index in [1.165, 1.54) is 18.4 Å². The molecular formula is C22H28N2O3. The molecule has 5 nitrogen and oxygen atoms in total. The van der Waals surface area contributed by atoms with Crippen LogP contribution in [0.4, 0.5) is 0 Å². The van der Waals surface area contributed by atoms with Crippen LogP contribution in [0.15, 0.2) is 47.5 Å². The minimum Gasteiger partial charge on any atom is -0.493 e. The van der Waals surface area contributed by atoms with Gasteiger partial charge in [0.15, 0.2) is 11.5 Å². The quantitative estimate of drug-likeness (QED) is 0.823. The first-order valence-electron chi connectivity index (χ1n) is 9.41. The van der Waals surface area contributed by atoms with Crippen molar-refractivity contribution in [2.45, 2.75) is 31.7 Å². The van der Waals surface area contributed by atoms with Crippen molar-refractivity contribution in [1.82, 2.24) is 5.32 Å². The number of hydrogen-bond acceptors (Lipinski definition) is 5. The maximum atomic E-state index is 5.55. The number of nitrogens with one attached hydrogen (secondary N) is 1. The van der Waals surface area contributed by atoms with Crippen molar-refractivity contribution in [2.75, 3.05) is 27.9 Å². The van der Waals surface area contributed by atoms with E-state index in [0.29, 0.717) is 17.2 Å². The Morgan fingerprint density at radius 3 is 2.19 bits per heavy atom. The van der Waals surface area contributed by atoms with Crippen LogP contribution in [0, 0.1) is 0 Å². The van der Waals surface area contributed by atoms with E-state index in [1.807, 2.05) is 18.2 Å². The Balaban J connectivity index is 2.03. The van der Waals surface area contributed by atoms with E-state index in [1.54, 1.807) is 21.3 Å².